The summed E-state index contributed by atoms with van der Waals surface area (Å²) in [5, 5.41) is 17.8. The van der Waals surface area contributed by atoms with Crippen molar-refractivity contribution in [1.29, 1.82) is 0 Å². The number of carboxylic acid groups (broad SMARTS) is 2. The molecule has 1 aliphatic carbocycles. The largest absolute Gasteiger partial charge is 0.481 e. The van der Waals surface area contributed by atoms with Crippen LogP contribution < -0.4 is 0 Å². The molecule has 30 heavy (non-hydrogen) atoms. The van der Waals surface area contributed by atoms with Gasteiger partial charge in [-0.25, -0.2) is 4.79 Å². The van der Waals surface area contributed by atoms with E-state index in [0.29, 0.717) is 0 Å². The molecule has 1 aliphatic rings. The van der Waals surface area contributed by atoms with Gasteiger partial charge in [-0.15, -0.1) is 0 Å². The molecule has 0 saturated heterocycles. The first kappa shape index (κ1) is 25.3. The molecule has 164 valence electrons. The van der Waals surface area contributed by atoms with Crippen LogP contribution in [0.1, 0.15) is 66.7 Å². The van der Waals surface area contributed by atoms with Crippen molar-refractivity contribution in [2.45, 2.75) is 72.8 Å². The van der Waals surface area contributed by atoms with E-state index in [-0.39, 0.29) is 18.3 Å². The molecule has 0 aromatic heterocycles. The van der Waals surface area contributed by atoms with Gasteiger partial charge in [0.2, 0.25) is 0 Å². The quantitative estimate of drug-likeness (QED) is 0.344. The fourth-order valence-corrected chi connectivity index (χ4v) is 3.47. The summed E-state index contributed by atoms with van der Waals surface area (Å²) in [5.74, 6) is -2.15. The Morgan fingerprint density at radius 1 is 1.13 bits per heavy atom. The van der Waals surface area contributed by atoms with Gasteiger partial charge in [0.1, 0.15) is 6.04 Å². The molecule has 0 aromatic rings. The fraction of sp³-hybridized carbons (Fsp3) is 0.480. The van der Waals surface area contributed by atoms with Crippen molar-refractivity contribution in [3.8, 4) is 0 Å². The maximum Gasteiger partial charge on any atom is 0.328 e. The van der Waals surface area contributed by atoms with E-state index in [1.54, 1.807) is 6.08 Å². The summed E-state index contributed by atoms with van der Waals surface area (Å²) in [6.45, 7) is 10.8. The predicted octanol–water partition coefficient (Wildman–Crippen LogP) is 5.91. The molecule has 0 aliphatic heterocycles. The van der Waals surface area contributed by atoms with Gasteiger partial charge in [0.05, 0.1) is 0 Å². The molecule has 0 aromatic carbocycles. The molecule has 0 fully saturated rings. The summed E-state index contributed by atoms with van der Waals surface area (Å²) < 4.78 is 0. The number of carbonyl (C=O) groups is 2. The van der Waals surface area contributed by atoms with E-state index in [9.17, 15) is 9.59 Å². The lowest BCUT2D eigenvalue weighted by atomic mass is 9.72. The second-order valence-corrected chi connectivity index (χ2v) is 8.53. The number of rotatable bonds is 10. The lowest BCUT2D eigenvalue weighted by Gasteiger charge is -2.32. The van der Waals surface area contributed by atoms with Gasteiger partial charge in [0.25, 0.3) is 0 Å². The van der Waals surface area contributed by atoms with Crippen LogP contribution in [-0.2, 0) is 9.59 Å². The molecule has 1 unspecified atom stereocenters. The number of aliphatic imine (C=N–C) groups is 1. The van der Waals surface area contributed by atoms with Crippen molar-refractivity contribution in [1.82, 2.24) is 0 Å². The Morgan fingerprint density at radius 3 is 2.40 bits per heavy atom. The minimum Gasteiger partial charge on any atom is -0.481 e. The number of allylic oxidation sites excluding steroid dienone is 10. The molecule has 0 spiro atoms. The second kappa shape index (κ2) is 12.1. The molecule has 5 nitrogen and oxygen atoms in total. The van der Waals surface area contributed by atoms with Gasteiger partial charge in [-0.2, -0.15) is 0 Å². The van der Waals surface area contributed by atoms with E-state index in [4.69, 9.17) is 10.2 Å². The average Bonchev–Trinajstić information content (AvgIpc) is 2.63. The number of aliphatic carboxylic acids is 2. The highest BCUT2D eigenvalue weighted by Gasteiger charge is 2.26. The van der Waals surface area contributed by atoms with E-state index >= 15 is 0 Å². The van der Waals surface area contributed by atoms with Gasteiger partial charge < -0.3 is 10.2 Å². The molecule has 1 atom stereocenters. The SMILES string of the molecule is CC1=C(/C=C/C(C)=C/C=C/C(C)=C/C=NC(CCC(=O)O)C(=O)O)C(C)(C)CCC1. The molecule has 0 saturated carbocycles. The topological polar surface area (TPSA) is 87.0 Å². The van der Waals surface area contributed by atoms with Gasteiger partial charge >= 0.3 is 11.9 Å². The summed E-state index contributed by atoms with van der Waals surface area (Å²) in [7, 11) is 0. The van der Waals surface area contributed by atoms with Crippen molar-refractivity contribution in [3.63, 3.8) is 0 Å². The monoisotopic (exact) mass is 413 g/mol. The van der Waals surface area contributed by atoms with E-state index in [2.05, 4.69) is 44.8 Å². The number of hydrogen-bond donors (Lipinski definition) is 2. The van der Waals surface area contributed by atoms with E-state index in [1.807, 2.05) is 25.2 Å². The lowest BCUT2D eigenvalue weighted by molar-refractivity contribution is -0.139. The highest BCUT2D eigenvalue weighted by Crippen LogP contribution is 2.40. The minimum atomic E-state index is -1.12. The summed E-state index contributed by atoms with van der Waals surface area (Å²) in [5.41, 5.74) is 5.21. The maximum atomic E-state index is 11.1. The van der Waals surface area contributed by atoms with Gasteiger partial charge in [-0.05, 0) is 69.1 Å². The van der Waals surface area contributed by atoms with Crippen molar-refractivity contribution in [2.75, 3.05) is 0 Å². The smallest absolute Gasteiger partial charge is 0.328 e. The van der Waals surface area contributed by atoms with Gasteiger partial charge in [-0.3, -0.25) is 9.79 Å². The van der Waals surface area contributed by atoms with Crippen LogP contribution in [0.5, 0.6) is 0 Å². The molecule has 0 amide bonds. The standard InChI is InChI=1S/C25H35NO4/c1-18(11-12-21-20(3)10-7-16-25(21,4)5)8-6-9-19(2)15-17-26-22(24(29)30)13-14-23(27)28/h6,8-9,11-12,15,17,22H,7,10,13-14,16H2,1-5H3,(H,27,28)(H,29,30)/b9-6+,12-11+,18-8+,19-15+,26-17?. The third kappa shape index (κ3) is 9.21. The predicted molar refractivity (Wildman–Crippen MR) is 123 cm³/mol. The molecule has 2 N–H and O–H groups in total. The molecule has 5 heteroatoms. The molecular formula is C25H35NO4. The average molecular weight is 414 g/mol. The van der Waals surface area contributed by atoms with Crippen LogP contribution in [0.15, 0.2) is 63.7 Å². The van der Waals surface area contributed by atoms with Crippen LogP contribution in [0.2, 0.25) is 0 Å². The zero-order valence-electron chi connectivity index (χ0n) is 18.8. The van der Waals surface area contributed by atoms with Gasteiger partial charge in [0, 0.05) is 12.6 Å². The Kier molecular flexibility index (Phi) is 10.2. The summed E-state index contributed by atoms with van der Waals surface area (Å²) >= 11 is 0. The molecule has 1 rings (SSSR count). The van der Waals surface area contributed by atoms with Crippen molar-refractivity contribution >= 4 is 18.2 Å². The number of carboxylic acids is 2. The Hall–Kier alpha value is -2.69. The van der Waals surface area contributed by atoms with Crippen LogP contribution in [0.3, 0.4) is 0 Å². The fourth-order valence-electron chi connectivity index (χ4n) is 3.47. The third-order valence-electron chi connectivity index (χ3n) is 5.29. The highest BCUT2D eigenvalue weighted by molar-refractivity contribution is 5.80. The Bertz CT molecular complexity index is 807. The van der Waals surface area contributed by atoms with Crippen LogP contribution in [-0.4, -0.2) is 34.4 Å². The van der Waals surface area contributed by atoms with Crippen LogP contribution in [0, 0.1) is 5.41 Å². The van der Waals surface area contributed by atoms with Crippen LogP contribution >= 0.6 is 0 Å². The number of nitrogens with zero attached hydrogens (tertiary/aromatic N) is 1. The molecule has 0 radical (unpaired) electrons. The van der Waals surface area contributed by atoms with Crippen LogP contribution in [0.4, 0.5) is 0 Å². The van der Waals surface area contributed by atoms with E-state index in [0.717, 1.165) is 11.1 Å². The van der Waals surface area contributed by atoms with Crippen molar-refractivity contribution < 1.29 is 19.8 Å². The van der Waals surface area contributed by atoms with Gasteiger partial charge in [0.15, 0.2) is 0 Å². The second-order valence-electron chi connectivity index (χ2n) is 8.53. The number of hydrogen-bond acceptors (Lipinski definition) is 3. The first-order chi connectivity index (χ1) is 14.0. The normalized spacial score (nSPS) is 19.2. The molecule has 0 heterocycles. The Balaban J connectivity index is 2.71. The maximum absolute atomic E-state index is 11.1. The van der Waals surface area contributed by atoms with Gasteiger partial charge in [-0.1, -0.05) is 55.4 Å². The highest BCUT2D eigenvalue weighted by atomic mass is 16.4. The molecule has 0 bridgehead atoms. The van der Waals surface area contributed by atoms with E-state index < -0.39 is 18.0 Å². The Morgan fingerprint density at radius 2 is 1.80 bits per heavy atom. The summed E-state index contributed by atoms with van der Waals surface area (Å²) in [6, 6.07) is -1.04. The first-order valence-electron chi connectivity index (χ1n) is 10.4. The van der Waals surface area contributed by atoms with Crippen molar-refractivity contribution in [2.24, 2.45) is 10.4 Å². The zero-order valence-corrected chi connectivity index (χ0v) is 18.8. The summed E-state index contributed by atoms with van der Waals surface area (Å²) in [4.78, 5) is 25.6. The molecular weight excluding hydrogens is 378 g/mol. The third-order valence-corrected chi connectivity index (χ3v) is 5.29. The lowest BCUT2D eigenvalue weighted by Crippen LogP contribution is -2.19. The zero-order chi connectivity index (χ0) is 22.7. The van der Waals surface area contributed by atoms with Crippen molar-refractivity contribution in [3.05, 3.63) is 58.7 Å². The van der Waals surface area contributed by atoms with Crippen LogP contribution in [0.25, 0.3) is 0 Å². The van der Waals surface area contributed by atoms with E-state index in [1.165, 1.54) is 36.6 Å². The summed E-state index contributed by atoms with van der Waals surface area (Å²) in [6.07, 6.45) is 16.8. The Labute approximate surface area is 180 Å². The minimum absolute atomic E-state index is 0.0229. The first-order valence-corrected chi connectivity index (χ1v) is 10.4.